The summed E-state index contributed by atoms with van der Waals surface area (Å²) < 4.78 is 9.82. The van der Waals surface area contributed by atoms with Crippen LogP contribution in [0.1, 0.15) is 18.1 Å². The second-order valence-corrected chi connectivity index (χ2v) is 3.25. The van der Waals surface area contributed by atoms with Crippen LogP contribution in [0, 0.1) is 0 Å². The van der Waals surface area contributed by atoms with E-state index in [1.165, 1.54) is 12.7 Å². The van der Waals surface area contributed by atoms with Crippen molar-refractivity contribution in [2.24, 2.45) is 0 Å². The Bertz CT molecular complexity index is 345. The first-order valence-electron chi connectivity index (χ1n) is 4.93. The second kappa shape index (κ2) is 5.39. The molecule has 0 aliphatic carbocycles. The van der Waals surface area contributed by atoms with Gasteiger partial charge in [0, 0.05) is 5.56 Å². The molecule has 0 unspecified atom stereocenters. The highest BCUT2D eigenvalue weighted by atomic mass is 16.5. The van der Waals surface area contributed by atoms with Gasteiger partial charge < -0.3 is 9.47 Å². The topological polar surface area (TPSA) is 35.5 Å². The van der Waals surface area contributed by atoms with Crippen LogP contribution in [0.4, 0.5) is 0 Å². The van der Waals surface area contributed by atoms with Gasteiger partial charge in [0.2, 0.25) is 0 Å². The molecule has 3 nitrogen and oxygen atoms in total. The average molecular weight is 208 g/mol. The van der Waals surface area contributed by atoms with Crippen molar-refractivity contribution in [3.63, 3.8) is 0 Å². The first kappa shape index (κ1) is 11.6. The summed E-state index contributed by atoms with van der Waals surface area (Å²) in [5.41, 5.74) is 2.07. The maximum Gasteiger partial charge on any atom is 0.310 e. The highest BCUT2D eigenvalue weighted by molar-refractivity contribution is 5.73. The largest absolute Gasteiger partial charge is 0.496 e. The van der Waals surface area contributed by atoms with Gasteiger partial charge in [0.05, 0.1) is 20.6 Å². The third kappa shape index (κ3) is 2.98. The molecule has 0 spiro atoms. The Morgan fingerprint density at radius 3 is 2.60 bits per heavy atom. The molecule has 1 rings (SSSR count). The summed E-state index contributed by atoms with van der Waals surface area (Å²) in [5, 5.41) is 0. The van der Waals surface area contributed by atoms with Crippen LogP contribution in [0.5, 0.6) is 5.75 Å². The highest BCUT2D eigenvalue weighted by Gasteiger charge is 2.09. The minimum absolute atomic E-state index is 0.249. The number of ether oxygens (including phenoxy) is 2. The van der Waals surface area contributed by atoms with E-state index in [4.69, 9.17) is 4.74 Å². The Morgan fingerprint density at radius 2 is 2.07 bits per heavy atom. The first-order valence-corrected chi connectivity index (χ1v) is 4.93. The molecule has 0 bridgehead atoms. The van der Waals surface area contributed by atoms with Crippen LogP contribution in [0.25, 0.3) is 0 Å². The van der Waals surface area contributed by atoms with Gasteiger partial charge in [-0.15, -0.1) is 0 Å². The van der Waals surface area contributed by atoms with Gasteiger partial charge in [-0.3, -0.25) is 4.79 Å². The van der Waals surface area contributed by atoms with E-state index >= 15 is 0 Å². The van der Waals surface area contributed by atoms with Crippen molar-refractivity contribution >= 4 is 5.97 Å². The third-order valence-corrected chi connectivity index (χ3v) is 2.32. The predicted molar refractivity (Wildman–Crippen MR) is 58.1 cm³/mol. The lowest BCUT2D eigenvalue weighted by atomic mass is 10.1. The molecule has 0 saturated heterocycles. The quantitative estimate of drug-likeness (QED) is 0.710. The molecule has 0 N–H and O–H groups in total. The molecule has 0 atom stereocenters. The SMILES string of the molecule is CCc1ccc(OC)c(CC(=O)OC)c1. The summed E-state index contributed by atoms with van der Waals surface area (Å²) in [4.78, 5) is 11.2. The van der Waals surface area contributed by atoms with Crippen LogP contribution in [0.2, 0.25) is 0 Å². The molecule has 1 aromatic rings. The summed E-state index contributed by atoms with van der Waals surface area (Å²) in [6.45, 7) is 2.07. The molecule has 3 heteroatoms. The minimum atomic E-state index is -0.249. The van der Waals surface area contributed by atoms with Crippen molar-refractivity contribution in [1.29, 1.82) is 0 Å². The molecule has 0 aliphatic rings. The standard InChI is InChI=1S/C12H16O3/c1-4-9-5-6-11(14-2)10(7-9)8-12(13)15-3/h5-7H,4,8H2,1-3H3. The van der Waals surface area contributed by atoms with Gasteiger partial charge >= 0.3 is 5.97 Å². The molecule has 0 saturated carbocycles. The third-order valence-electron chi connectivity index (χ3n) is 2.32. The van der Waals surface area contributed by atoms with Crippen LogP contribution >= 0.6 is 0 Å². The molecule has 82 valence electrons. The van der Waals surface area contributed by atoms with E-state index in [9.17, 15) is 4.79 Å². The Balaban J connectivity index is 2.95. The molecule has 15 heavy (non-hydrogen) atoms. The fourth-order valence-electron chi connectivity index (χ4n) is 1.42. The Labute approximate surface area is 90.0 Å². The molecular formula is C12H16O3. The maximum absolute atomic E-state index is 11.2. The van der Waals surface area contributed by atoms with E-state index in [1.54, 1.807) is 7.11 Å². The Morgan fingerprint density at radius 1 is 1.33 bits per heavy atom. The summed E-state index contributed by atoms with van der Waals surface area (Å²) in [6.07, 6.45) is 1.20. The molecule has 0 aliphatic heterocycles. The van der Waals surface area contributed by atoms with Crippen molar-refractivity contribution in [1.82, 2.24) is 0 Å². The lowest BCUT2D eigenvalue weighted by molar-refractivity contribution is -0.139. The number of rotatable bonds is 4. The number of aryl methyl sites for hydroxylation is 1. The second-order valence-electron chi connectivity index (χ2n) is 3.25. The molecule has 0 fully saturated rings. The van der Waals surface area contributed by atoms with Crippen LogP contribution in [-0.4, -0.2) is 20.2 Å². The zero-order valence-corrected chi connectivity index (χ0v) is 9.37. The smallest absolute Gasteiger partial charge is 0.310 e. The fraction of sp³-hybridized carbons (Fsp3) is 0.417. The van der Waals surface area contributed by atoms with Gasteiger partial charge in [-0.1, -0.05) is 19.1 Å². The molecule has 0 heterocycles. The number of carbonyl (C=O) groups excluding carboxylic acids is 1. The predicted octanol–water partition coefficient (Wildman–Crippen LogP) is 1.97. The number of methoxy groups -OCH3 is 2. The summed E-state index contributed by atoms with van der Waals surface area (Å²) in [7, 11) is 2.99. The van der Waals surface area contributed by atoms with Crippen LogP contribution < -0.4 is 4.74 Å². The van der Waals surface area contributed by atoms with Crippen molar-refractivity contribution in [3.05, 3.63) is 29.3 Å². The van der Waals surface area contributed by atoms with E-state index in [-0.39, 0.29) is 12.4 Å². The Hall–Kier alpha value is -1.51. The van der Waals surface area contributed by atoms with Gasteiger partial charge in [0.25, 0.3) is 0 Å². The van der Waals surface area contributed by atoms with E-state index in [2.05, 4.69) is 11.7 Å². The number of hydrogen-bond donors (Lipinski definition) is 0. The minimum Gasteiger partial charge on any atom is -0.496 e. The number of carbonyl (C=O) groups is 1. The lowest BCUT2D eigenvalue weighted by Gasteiger charge is -2.09. The van der Waals surface area contributed by atoms with Crippen molar-refractivity contribution in [2.75, 3.05) is 14.2 Å². The summed E-state index contributed by atoms with van der Waals surface area (Å²) in [6, 6.07) is 5.87. The zero-order valence-electron chi connectivity index (χ0n) is 9.37. The van der Waals surface area contributed by atoms with Crippen molar-refractivity contribution < 1.29 is 14.3 Å². The normalized spacial score (nSPS) is 9.80. The van der Waals surface area contributed by atoms with Crippen LogP contribution in [-0.2, 0) is 22.4 Å². The molecule has 1 aromatic carbocycles. The number of benzene rings is 1. The zero-order chi connectivity index (χ0) is 11.3. The molecule has 0 amide bonds. The Kier molecular flexibility index (Phi) is 4.16. The van der Waals surface area contributed by atoms with Gasteiger partial charge in [-0.25, -0.2) is 0 Å². The van der Waals surface area contributed by atoms with Crippen LogP contribution in [0.15, 0.2) is 18.2 Å². The van der Waals surface area contributed by atoms with Gasteiger partial charge in [-0.05, 0) is 18.1 Å². The molecular weight excluding hydrogens is 192 g/mol. The lowest BCUT2D eigenvalue weighted by Crippen LogP contribution is -2.06. The maximum atomic E-state index is 11.2. The monoisotopic (exact) mass is 208 g/mol. The van der Waals surface area contributed by atoms with E-state index < -0.39 is 0 Å². The van der Waals surface area contributed by atoms with Crippen LogP contribution in [0.3, 0.4) is 0 Å². The van der Waals surface area contributed by atoms with E-state index in [0.717, 1.165) is 17.7 Å². The fourth-order valence-corrected chi connectivity index (χ4v) is 1.42. The van der Waals surface area contributed by atoms with Crippen molar-refractivity contribution in [3.8, 4) is 5.75 Å². The average Bonchev–Trinajstić information content (AvgIpc) is 2.28. The summed E-state index contributed by atoms with van der Waals surface area (Å²) >= 11 is 0. The molecule has 0 aromatic heterocycles. The van der Waals surface area contributed by atoms with Gasteiger partial charge in [0.1, 0.15) is 5.75 Å². The summed E-state index contributed by atoms with van der Waals surface area (Å²) in [5.74, 6) is 0.485. The first-order chi connectivity index (χ1) is 7.21. The molecule has 0 radical (unpaired) electrons. The van der Waals surface area contributed by atoms with Gasteiger partial charge in [0.15, 0.2) is 0 Å². The van der Waals surface area contributed by atoms with Crippen molar-refractivity contribution in [2.45, 2.75) is 19.8 Å². The van der Waals surface area contributed by atoms with Gasteiger partial charge in [-0.2, -0.15) is 0 Å². The number of esters is 1. The number of hydrogen-bond acceptors (Lipinski definition) is 3. The van der Waals surface area contributed by atoms with E-state index in [0.29, 0.717) is 0 Å². The van der Waals surface area contributed by atoms with E-state index in [1.807, 2.05) is 18.2 Å². The highest BCUT2D eigenvalue weighted by Crippen LogP contribution is 2.21.